The number of rotatable bonds is 8. The van der Waals surface area contributed by atoms with Crippen molar-refractivity contribution in [1.29, 1.82) is 0 Å². The van der Waals surface area contributed by atoms with Crippen molar-refractivity contribution >= 4 is 0 Å². The van der Waals surface area contributed by atoms with E-state index in [-0.39, 0.29) is 6.61 Å². The molecule has 0 saturated heterocycles. The Morgan fingerprint density at radius 1 is 1.12 bits per heavy atom. The molecular formula is C13H21NO3. The lowest BCUT2D eigenvalue weighted by Gasteiger charge is -2.09. The average Bonchev–Trinajstić information content (AvgIpc) is 2.38. The highest BCUT2D eigenvalue weighted by Crippen LogP contribution is 2.22. The van der Waals surface area contributed by atoms with Crippen LogP contribution in [-0.4, -0.2) is 25.4 Å². The summed E-state index contributed by atoms with van der Waals surface area (Å²) in [6.45, 7) is 1.37. The fourth-order valence-corrected chi connectivity index (χ4v) is 1.53. The molecule has 1 rings (SSSR count). The first-order valence-electron chi connectivity index (χ1n) is 5.92. The Kier molecular flexibility index (Phi) is 6.43. The van der Waals surface area contributed by atoms with E-state index in [1.807, 2.05) is 18.2 Å². The normalized spacial score (nSPS) is 10.3. The monoisotopic (exact) mass is 239 g/mol. The molecule has 0 unspecified atom stereocenters. The van der Waals surface area contributed by atoms with Gasteiger partial charge in [-0.15, -0.1) is 0 Å². The minimum Gasteiger partial charge on any atom is -0.497 e. The van der Waals surface area contributed by atoms with Crippen LogP contribution < -0.4 is 15.2 Å². The van der Waals surface area contributed by atoms with Crippen LogP contribution in [-0.2, 0) is 6.54 Å². The van der Waals surface area contributed by atoms with Gasteiger partial charge < -0.3 is 20.3 Å². The number of aliphatic hydroxyl groups is 1. The number of hydrogen-bond donors (Lipinski definition) is 2. The molecule has 0 aliphatic rings. The lowest BCUT2D eigenvalue weighted by atomic mass is 10.2. The van der Waals surface area contributed by atoms with Crippen LogP contribution in [0, 0.1) is 0 Å². The fourth-order valence-electron chi connectivity index (χ4n) is 1.53. The van der Waals surface area contributed by atoms with Gasteiger partial charge in [-0.3, -0.25) is 0 Å². The molecule has 0 fully saturated rings. The van der Waals surface area contributed by atoms with E-state index < -0.39 is 0 Å². The second-order valence-electron chi connectivity index (χ2n) is 3.85. The molecule has 1 aromatic rings. The van der Waals surface area contributed by atoms with Crippen molar-refractivity contribution in [2.45, 2.75) is 25.8 Å². The van der Waals surface area contributed by atoms with Crippen molar-refractivity contribution in [3.8, 4) is 11.5 Å². The van der Waals surface area contributed by atoms with Gasteiger partial charge in [0.2, 0.25) is 0 Å². The minimum atomic E-state index is 0.247. The van der Waals surface area contributed by atoms with E-state index in [1.54, 1.807) is 7.11 Å². The topological polar surface area (TPSA) is 64.7 Å². The van der Waals surface area contributed by atoms with Crippen molar-refractivity contribution in [3.05, 3.63) is 23.8 Å². The second kappa shape index (κ2) is 7.92. The molecule has 0 bridgehead atoms. The summed E-state index contributed by atoms with van der Waals surface area (Å²) in [6, 6.07) is 5.68. The van der Waals surface area contributed by atoms with Gasteiger partial charge >= 0.3 is 0 Å². The van der Waals surface area contributed by atoms with E-state index in [4.69, 9.17) is 20.3 Å². The Morgan fingerprint density at radius 2 is 1.88 bits per heavy atom. The summed E-state index contributed by atoms with van der Waals surface area (Å²) in [5.74, 6) is 1.55. The zero-order chi connectivity index (χ0) is 12.5. The summed E-state index contributed by atoms with van der Waals surface area (Å²) >= 11 is 0. The summed E-state index contributed by atoms with van der Waals surface area (Å²) in [5.41, 5.74) is 6.59. The maximum atomic E-state index is 8.65. The fraction of sp³-hybridized carbons (Fsp3) is 0.538. The first kappa shape index (κ1) is 13.8. The lowest BCUT2D eigenvalue weighted by Crippen LogP contribution is -2.01. The third-order valence-corrected chi connectivity index (χ3v) is 2.48. The number of methoxy groups -OCH3 is 1. The van der Waals surface area contributed by atoms with Crippen molar-refractivity contribution in [2.24, 2.45) is 5.73 Å². The largest absolute Gasteiger partial charge is 0.497 e. The average molecular weight is 239 g/mol. The predicted octanol–water partition coefficient (Wildman–Crippen LogP) is 1.70. The number of aliphatic hydroxyl groups excluding tert-OH is 1. The molecule has 0 amide bonds. The molecule has 17 heavy (non-hydrogen) atoms. The molecule has 0 aromatic heterocycles. The van der Waals surface area contributed by atoms with Crippen LogP contribution in [0.4, 0.5) is 0 Å². The van der Waals surface area contributed by atoms with E-state index in [0.29, 0.717) is 13.2 Å². The summed E-state index contributed by atoms with van der Waals surface area (Å²) in [5, 5.41) is 8.65. The maximum absolute atomic E-state index is 8.65. The third-order valence-electron chi connectivity index (χ3n) is 2.48. The van der Waals surface area contributed by atoms with Crippen LogP contribution in [0.2, 0.25) is 0 Å². The van der Waals surface area contributed by atoms with Crippen LogP contribution in [0.3, 0.4) is 0 Å². The van der Waals surface area contributed by atoms with E-state index in [1.165, 1.54) is 0 Å². The number of nitrogens with two attached hydrogens (primary N) is 1. The first-order valence-corrected chi connectivity index (χ1v) is 5.92. The number of ether oxygens (including phenoxy) is 2. The minimum absolute atomic E-state index is 0.247. The highest BCUT2D eigenvalue weighted by atomic mass is 16.5. The van der Waals surface area contributed by atoms with Gasteiger partial charge in [-0.1, -0.05) is 0 Å². The maximum Gasteiger partial charge on any atom is 0.123 e. The standard InChI is InChI=1S/C13H21NO3/c1-16-12-7-11(10-14)8-13(9-12)17-6-4-2-3-5-15/h7-9,15H,2-6,10,14H2,1H3. The van der Waals surface area contributed by atoms with E-state index in [2.05, 4.69) is 0 Å². The van der Waals surface area contributed by atoms with Gasteiger partial charge in [0.05, 0.1) is 13.7 Å². The lowest BCUT2D eigenvalue weighted by molar-refractivity contribution is 0.265. The first-order chi connectivity index (χ1) is 8.30. The van der Waals surface area contributed by atoms with Crippen molar-refractivity contribution < 1.29 is 14.6 Å². The molecule has 0 aliphatic carbocycles. The molecule has 1 aromatic carbocycles. The summed E-state index contributed by atoms with van der Waals surface area (Å²) in [7, 11) is 1.63. The quantitative estimate of drug-likeness (QED) is 0.678. The van der Waals surface area contributed by atoms with Gasteiger partial charge in [-0.25, -0.2) is 0 Å². The number of unbranched alkanes of at least 4 members (excludes halogenated alkanes) is 2. The van der Waals surface area contributed by atoms with Crippen LogP contribution in [0.15, 0.2) is 18.2 Å². The molecular weight excluding hydrogens is 218 g/mol. The predicted molar refractivity (Wildman–Crippen MR) is 67.3 cm³/mol. The van der Waals surface area contributed by atoms with E-state index in [9.17, 15) is 0 Å². The Morgan fingerprint density at radius 3 is 2.53 bits per heavy atom. The molecule has 96 valence electrons. The van der Waals surface area contributed by atoms with Gasteiger partial charge in [0.15, 0.2) is 0 Å². The Balaban J connectivity index is 2.46. The van der Waals surface area contributed by atoms with Crippen LogP contribution >= 0.6 is 0 Å². The highest BCUT2D eigenvalue weighted by molar-refractivity contribution is 5.38. The Labute approximate surface area is 102 Å². The third kappa shape index (κ3) is 5.06. The molecule has 0 aliphatic heterocycles. The molecule has 0 atom stereocenters. The summed E-state index contributed by atoms with van der Waals surface area (Å²) in [4.78, 5) is 0. The zero-order valence-electron chi connectivity index (χ0n) is 10.3. The SMILES string of the molecule is COc1cc(CN)cc(OCCCCCO)c1. The van der Waals surface area contributed by atoms with E-state index in [0.717, 1.165) is 36.3 Å². The molecule has 0 radical (unpaired) electrons. The van der Waals surface area contributed by atoms with Crippen LogP contribution in [0.5, 0.6) is 11.5 Å². The Bertz CT molecular complexity index is 306. The molecule has 0 heterocycles. The highest BCUT2D eigenvalue weighted by Gasteiger charge is 2.01. The van der Waals surface area contributed by atoms with Crippen molar-refractivity contribution in [3.63, 3.8) is 0 Å². The number of benzene rings is 1. The second-order valence-corrected chi connectivity index (χ2v) is 3.85. The van der Waals surface area contributed by atoms with Gasteiger partial charge in [-0.2, -0.15) is 0 Å². The van der Waals surface area contributed by atoms with Crippen molar-refractivity contribution in [1.82, 2.24) is 0 Å². The van der Waals surface area contributed by atoms with Crippen molar-refractivity contribution in [2.75, 3.05) is 20.3 Å². The molecule has 4 heteroatoms. The zero-order valence-corrected chi connectivity index (χ0v) is 10.3. The Hall–Kier alpha value is -1.26. The molecule has 0 spiro atoms. The smallest absolute Gasteiger partial charge is 0.123 e. The van der Waals surface area contributed by atoms with Crippen LogP contribution in [0.1, 0.15) is 24.8 Å². The van der Waals surface area contributed by atoms with Gasteiger partial charge in [0.1, 0.15) is 11.5 Å². The molecule has 0 saturated carbocycles. The van der Waals surface area contributed by atoms with E-state index >= 15 is 0 Å². The van der Waals surface area contributed by atoms with Gasteiger partial charge in [0, 0.05) is 19.2 Å². The van der Waals surface area contributed by atoms with Crippen LogP contribution in [0.25, 0.3) is 0 Å². The van der Waals surface area contributed by atoms with Gasteiger partial charge in [-0.05, 0) is 37.0 Å². The molecule has 4 nitrogen and oxygen atoms in total. The summed E-state index contributed by atoms with van der Waals surface area (Å²) in [6.07, 6.45) is 2.75. The summed E-state index contributed by atoms with van der Waals surface area (Å²) < 4.78 is 10.8. The van der Waals surface area contributed by atoms with Gasteiger partial charge in [0.25, 0.3) is 0 Å². The molecule has 3 N–H and O–H groups in total. The number of hydrogen-bond acceptors (Lipinski definition) is 4.